The molecule has 1 aromatic carbocycles. The largest absolute Gasteiger partial charge is 0.342 e. The molecule has 0 N–H and O–H groups in total. The van der Waals surface area contributed by atoms with E-state index in [0.717, 1.165) is 6.41 Å². The Bertz CT molecular complexity index is 645. The van der Waals surface area contributed by atoms with Crippen molar-refractivity contribution in [2.24, 2.45) is 0 Å². The van der Waals surface area contributed by atoms with Crippen LogP contribution in [-0.2, 0) is 9.59 Å². The number of fused-ring (bicyclic) bond motifs is 1. The molecule has 3 rings (SSSR count). The van der Waals surface area contributed by atoms with Crippen LogP contribution in [0.2, 0.25) is 0 Å². The van der Waals surface area contributed by atoms with Gasteiger partial charge in [-0.1, -0.05) is 12.1 Å². The van der Waals surface area contributed by atoms with Crippen LogP contribution in [0.15, 0.2) is 24.3 Å². The summed E-state index contributed by atoms with van der Waals surface area (Å²) in [5.74, 6) is -0.581. The molecule has 0 spiro atoms. The lowest BCUT2D eigenvalue weighted by Gasteiger charge is -2.32. The number of benzene rings is 1. The van der Waals surface area contributed by atoms with Crippen LogP contribution in [0, 0.1) is 0 Å². The van der Waals surface area contributed by atoms with Gasteiger partial charge in [0.15, 0.2) is 0 Å². The molecule has 1 fully saturated rings. The van der Waals surface area contributed by atoms with E-state index in [9.17, 15) is 19.2 Å². The molecule has 0 aliphatic carbocycles. The van der Waals surface area contributed by atoms with Crippen molar-refractivity contribution in [1.29, 1.82) is 0 Å². The van der Waals surface area contributed by atoms with E-state index in [1.54, 1.807) is 34.1 Å². The Morgan fingerprint density at radius 3 is 2.12 bits per heavy atom. The minimum Gasteiger partial charge on any atom is -0.342 e. The Morgan fingerprint density at radius 2 is 1.58 bits per heavy atom. The Labute approximate surface area is 139 Å². The zero-order valence-electron chi connectivity index (χ0n) is 13.3. The monoisotopic (exact) mass is 329 g/mol. The fourth-order valence-corrected chi connectivity index (χ4v) is 3.07. The third-order valence-corrected chi connectivity index (χ3v) is 4.47. The fourth-order valence-electron chi connectivity index (χ4n) is 3.07. The third kappa shape index (κ3) is 3.02. The van der Waals surface area contributed by atoms with Gasteiger partial charge in [0.1, 0.15) is 0 Å². The summed E-state index contributed by atoms with van der Waals surface area (Å²) in [5.41, 5.74) is 0.859. The van der Waals surface area contributed by atoms with Crippen molar-refractivity contribution in [3.05, 3.63) is 35.4 Å². The number of rotatable bonds is 5. The second-order valence-corrected chi connectivity index (χ2v) is 5.93. The van der Waals surface area contributed by atoms with E-state index >= 15 is 0 Å². The van der Waals surface area contributed by atoms with Crippen molar-refractivity contribution in [2.45, 2.75) is 12.8 Å². The van der Waals surface area contributed by atoms with Gasteiger partial charge in [-0.05, 0) is 18.6 Å². The molecule has 0 unspecified atom stereocenters. The fraction of sp³-hybridized carbons (Fsp3) is 0.412. The topological polar surface area (TPSA) is 78.0 Å². The molecule has 7 heteroatoms. The van der Waals surface area contributed by atoms with Crippen molar-refractivity contribution in [2.75, 3.05) is 32.7 Å². The van der Waals surface area contributed by atoms with Crippen LogP contribution in [0.1, 0.15) is 33.6 Å². The Kier molecular flexibility index (Phi) is 4.59. The molecule has 1 aromatic rings. The van der Waals surface area contributed by atoms with Gasteiger partial charge >= 0.3 is 0 Å². The molecule has 1 saturated heterocycles. The maximum absolute atomic E-state index is 12.2. The maximum Gasteiger partial charge on any atom is 0.261 e. The minimum atomic E-state index is -0.289. The van der Waals surface area contributed by atoms with E-state index in [2.05, 4.69) is 0 Å². The van der Waals surface area contributed by atoms with Crippen LogP contribution in [0.4, 0.5) is 0 Å². The van der Waals surface area contributed by atoms with Gasteiger partial charge in [-0.15, -0.1) is 0 Å². The van der Waals surface area contributed by atoms with E-state index in [-0.39, 0.29) is 30.7 Å². The van der Waals surface area contributed by atoms with E-state index in [4.69, 9.17) is 0 Å². The zero-order chi connectivity index (χ0) is 17.1. The number of amides is 4. The van der Waals surface area contributed by atoms with E-state index in [1.807, 2.05) is 0 Å². The summed E-state index contributed by atoms with van der Waals surface area (Å²) >= 11 is 0. The number of hydrogen-bond acceptors (Lipinski definition) is 4. The molecular formula is C17H19N3O4. The molecule has 0 atom stereocenters. The molecule has 2 aliphatic rings. The van der Waals surface area contributed by atoms with Crippen LogP contribution < -0.4 is 0 Å². The van der Waals surface area contributed by atoms with Gasteiger partial charge in [-0.2, -0.15) is 0 Å². The Balaban J connectivity index is 1.49. The number of imide groups is 1. The molecular weight excluding hydrogens is 310 g/mol. The number of nitrogens with zero attached hydrogens (tertiary/aromatic N) is 3. The number of carbonyl (C=O) groups excluding carboxylic acids is 4. The highest BCUT2D eigenvalue weighted by atomic mass is 16.2. The smallest absolute Gasteiger partial charge is 0.261 e. The van der Waals surface area contributed by atoms with Gasteiger partial charge in [-0.3, -0.25) is 24.1 Å². The van der Waals surface area contributed by atoms with Gasteiger partial charge in [0.25, 0.3) is 11.8 Å². The molecule has 24 heavy (non-hydrogen) atoms. The highest BCUT2D eigenvalue weighted by Crippen LogP contribution is 2.22. The quantitative estimate of drug-likeness (QED) is 0.577. The van der Waals surface area contributed by atoms with Crippen LogP contribution in [0.5, 0.6) is 0 Å². The first-order chi connectivity index (χ1) is 11.6. The van der Waals surface area contributed by atoms with Gasteiger partial charge in [-0.25, -0.2) is 0 Å². The van der Waals surface area contributed by atoms with Crippen molar-refractivity contribution in [3.63, 3.8) is 0 Å². The number of carbonyl (C=O) groups is 4. The first kappa shape index (κ1) is 16.2. The summed E-state index contributed by atoms with van der Waals surface area (Å²) in [6, 6.07) is 6.76. The SMILES string of the molecule is O=CN1CCN(C(=O)CCCN2C(=O)c3ccccc3C2=O)CC1. The molecule has 2 heterocycles. The third-order valence-electron chi connectivity index (χ3n) is 4.47. The molecule has 4 amide bonds. The van der Waals surface area contributed by atoms with Crippen LogP contribution in [0.25, 0.3) is 0 Å². The average molecular weight is 329 g/mol. The highest BCUT2D eigenvalue weighted by molar-refractivity contribution is 6.21. The average Bonchev–Trinajstić information content (AvgIpc) is 2.87. The van der Waals surface area contributed by atoms with Crippen LogP contribution in [0.3, 0.4) is 0 Å². The second-order valence-electron chi connectivity index (χ2n) is 5.93. The standard InChI is InChI=1S/C17H19N3O4/c21-12-18-8-10-19(11-9-18)15(22)6-3-7-20-16(23)13-4-1-2-5-14(13)17(20)24/h1-2,4-5,12H,3,6-11H2. The molecule has 126 valence electrons. The summed E-state index contributed by atoms with van der Waals surface area (Å²) in [4.78, 5) is 51.9. The van der Waals surface area contributed by atoms with Gasteiger partial charge in [0.2, 0.25) is 12.3 Å². The molecule has 7 nitrogen and oxygen atoms in total. The molecule has 0 radical (unpaired) electrons. The molecule has 0 bridgehead atoms. The van der Waals surface area contributed by atoms with Crippen molar-refractivity contribution in [1.82, 2.24) is 14.7 Å². The van der Waals surface area contributed by atoms with E-state index in [1.165, 1.54) is 4.90 Å². The number of hydrogen-bond donors (Lipinski definition) is 0. The lowest BCUT2D eigenvalue weighted by atomic mass is 10.1. The summed E-state index contributed by atoms with van der Waals surface area (Å²) < 4.78 is 0. The Hall–Kier alpha value is -2.70. The van der Waals surface area contributed by atoms with Gasteiger partial charge in [0, 0.05) is 39.1 Å². The lowest BCUT2D eigenvalue weighted by Crippen LogP contribution is -2.48. The van der Waals surface area contributed by atoms with Crippen molar-refractivity contribution >= 4 is 24.1 Å². The first-order valence-electron chi connectivity index (χ1n) is 8.04. The highest BCUT2D eigenvalue weighted by Gasteiger charge is 2.34. The summed E-state index contributed by atoms with van der Waals surface area (Å²) in [6.07, 6.45) is 1.52. The normalized spacial score (nSPS) is 17.2. The van der Waals surface area contributed by atoms with Crippen molar-refractivity contribution < 1.29 is 19.2 Å². The molecule has 2 aliphatic heterocycles. The number of piperazine rings is 1. The van der Waals surface area contributed by atoms with E-state index < -0.39 is 0 Å². The maximum atomic E-state index is 12.2. The van der Waals surface area contributed by atoms with Gasteiger partial charge in [0.05, 0.1) is 11.1 Å². The summed E-state index contributed by atoms with van der Waals surface area (Å²) in [6.45, 7) is 2.41. The Morgan fingerprint density at radius 1 is 1.00 bits per heavy atom. The zero-order valence-corrected chi connectivity index (χ0v) is 13.3. The first-order valence-corrected chi connectivity index (χ1v) is 8.04. The van der Waals surface area contributed by atoms with Crippen molar-refractivity contribution in [3.8, 4) is 0 Å². The summed E-state index contributed by atoms with van der Waals surface area (Å²) in [7, 11) is 0. The molecule has 0 saturated carbocycles. The van der Waals surface area contributed by atoms with Crippen LogP contribution >= 0.6 is 0 Å². The predicted molar refractivity (Wildman–Crippen MR) is 85.3 cm³/mol. The van der Waals surface area contributed by atoms with E-state index in [0.29, 0.717) is 43.7 Å². The minimum absolute atomic E-state index is 0.00263. The second kappa shape index (κ2) is 6.82. The molecule has 0 aromatic heterocycles. The summed E-state index contributed by atoms with van der Waals surface area (Å²) in [5, 5.41) is 0. The van der Waals surface area contributed by atoms with Gasteiger partial charge < -0.3 is 9.80 Å². The predicted octanol–water partition coefficient (Wildman–Crippen LogP) is 0.363. The van der Waals surface area contributed by atoms with Crippen LogP contribution in [-0.4, -0.2) is 71.6 Å². The lowest BCUT2D eigenvalue weighted by molar-refractivity contribution is -0.135.